The molecular weight excluding hydrogens is 282 g/mol. The Morgan fingerprint density at radius 2 is 2.00 bits per heavy atom. The number of hydrogen-bond acceptors (Lipinski definition) is 5. The molecule has 0 aliphatic carbocycles. The Balaban J connectivity index is 1.93. The summed E-state index contributed by atoms with van der Waals surface area (Å²) in [4.78, 5) is 16.7. The maximum atomic E-state index is 11.2. The van der Waals surface area contributed by atoms with E-state index in [1.54, 1.807) is 18.2 Å². The molecule has 0 saturated heterocycles. The fourth-order valence-electron chi connectivity index (χ4n) is 2.01. The van der Waals surface area contributed by atoms with Crippen molar-refractivity contribution in [2.24, 2.45) is 10.9 Å². The molecule has 0 unspecified atom stereocenters. The number of nitrogens with two attached hydrogens (primary N) is 1. The number of oxime groups is 1. The van der Waals surface area contributed by atoms with Crippen molar-refractivity contribution in [3.05, 3.63) is 54.1 Å². The van der Waals surface area contributed by atoms with E-state index in [0.717, 1.165) is 5.56 Å². The highest BCUT2D eigenvalue weighted by Crippen LogP contribution is 2.21. The minimum Gasteiger partial charge on any atom is -0.369 e. The average molecular weight is 295 g/mol. The van der Waals surface area contributed by atoms with Crippen LogP contribution in [0.1, 0.15) is 12.0 Å². The lowest BCUT2D eigenvalue weighted by atomic mass is 10.1. The van der Waals surface area contributed by atoms with E-state index in [0.29, 0.717) is 22.5 Å². The lowest BCUT2D eigenvalue weighted by Crippen LogP contribution is -2.17. The van der Waals surface area contributed by atoms with Gasteiger partial charge in [-0.1, -0.05) is 46.8 Å². The van der Waals surface area contributed by atoms with E-state index in [2.05, 4.69) is 20.6 Å². The average Bonchev–Trinajstić information content (AvgIpc) is 3.01. The topological polar surface area (TPSA) is 106 Å². The Hall–Kier alpha value is -3.22. The fraction of sp³-hybridized carbons (Fsp3) is 0.0667. The van der Waals surface area contributed by atoms with Gasteiger partial charge in [-0.25, -0.2) is 0 Å². The quantitative estimate of drug-likeness (QED) is 0.551. The first kappa shape index (κ1) is 13.7. The van der Waals surface area contributed by atoms with Gasteiger partial charge in [-0.05, 0) is 17.7 Å². The molecule has 2 aromatic carbocycles. The van der Waals surface area contributed by atoms with Crippen molar-refractivity contribution in [3.8, 4) is 5.75 Å². The number of benzene rings is 2. The van der Waals surface area contributed by atoms with Crippen molar-refractivity contribution >= 4 is 22.7 Å². The molecule has 0 fully saturated rings. The number of primary amides is 1. The van der Waals surface area contributed by atoms with E-state index in [1.807, 2.05) is 30.3 Å². The predicted molar refractivity (Wildman–Crippen MR) is 81.3 cm³/mol. The third-order valence-corrected chi connectivity index (χ3v) is 3.03. The second-order valence-electron chi connectivity index (χ2n) is 4.60. The third-order valence-electron chi connectivity index (χ3n) is 3.03. The Bertz CT molecular complexity index is 826. The van der Waals surface area contributed by atoms with Gasteiger partial charge in [0.15, 0.2) is 5.75 Å². The number of para-hydroxylation sites is 1. The highest BCUT2D eigenvalue weighted by Gasteiger charge is 2.10. The number of fused-ring (bicyclic) bond motifs is 1. The van der Waals surface area contributed by atoms with Gasteiger partial charge in [0.25, 0.3) is 0 Å². The molecule has 1 heterocycles. The minimum absolute atomic E-state index is 0.0127. The summed E-state index contributed by atoms with van der Waals surface area (Å²) < 4.78 is 0. The fourth-order valence-corrected chi connectivity index (χ4v) is 2.01. The van der Waals surface area contributed by atoms with Crippen molar-refractivity contribution in [2.45, 2.75) is 6.42 Å². The normalized spacial score (nSPS) is 11.5. The second-order valence-corrected chi connectivity index (χ2v) is 4.60. The Morgan fingerprint density at radius 3 is 2.77 bits per heavy atom. The Labute approximate surface area is 125 Å². The Kier molecular flexibility index (Phi) is 3.78. The second kappa shape index (κ2) is 6.04. The van der Waals surface area contributed by atoms with E-state index in [4.69, 9.17) is 10.6 Å². The lowest BCUT2D eigenvalue weighted by Gasteiger charge is -2.05. The first-order valence-electron chi connectivity index (χ1n) is 6.61. The van der Waals surface area contributed by atoms with Gasteiger partial charge in [0.2, 0.25) is 5.91 Å². The summed E-state index contributed by atoms with van der Waals surface area (Å²) in [5.41, 5.74) is 7.81. The van der Waals surface area contributed by atoms with Crippen LogP contribution in [0.25, 0.3) is 11.0 Å². The standard InChI is InChI=1S/C15H13N5O2/c16-14(21)9-12(10-5-2-1-3-6-10)19-22-13-8-4-7-11-15(13)18-20-17-11/h1-8H,9H2,(H2,16,21)(H,17,18,20)/b19-12+. The summed E-state index contributed by atoms with van der Waals surface area (Å²) in [7, 11) is 0. The summed E-state index contributed by atoms with van der Waals surface area (Å²) >= 11 is 0. The maximum Gasteiger partial charge on any atom is 0.223 e. The van der Waals surface area contributed by atoms with E-state index in [1.165, 1.54) is 0 Å². The van der Waals surface area contributed by atoms with Crippen LogP contribution in [0, 0.1) is 0 Å². The van der Waals surface area contributed by atoms with Gasteiger partial charge < -0.3 is 10.6 Å². The zero-order valence-electron chi connectivity index (χ0n) is 11.6. The van der Waals surface area contributed by atoms with Gasteiger partial charge in [0.1, 0.15) is 11.0 Å². The number of nitrogens with one attached hydrogen (secondary N) is 1. The molecule has 3 rings (SSSR count). The van der Waals surface area contributed by atoms with Crippen LogP contribution in [0.4, 0.5) is 0 Å². The van der Waals surface area contributed by atoms with Crippen molar-refractivity contribution < 1.29 is 9.63 Å². The monoisotopic (exact) mass is 295 g/mol. The molecule has 110 valence electrons. The first-order chi connectivity index (χ1) is 10.7. The molecule has 3 N–H and O–H groups in total. The number of H-pyrrole nitrogens is 1. The number of aromatic amines is 1. The van der Waals surface area contributed by atoms with Gasteiger partial charge in [-0.3, -0.25) is 9.89 Å². The van der Waals surface area contributed by atoms with Crippen LogP contribution in [-0.4, -0.2) is 27.0 Å². The van der Waals surface area contributed by atoms with Crippen molar-refractivity contribution in [1.82, 2.24) is 15.4 Å². The molecule has 1 aromatic heterocycles. The zero-order chi connectivity index (χ0) is 15.4. The lowest BCUT2D eigenvalue weighted by molar-refractivity contribution is -0.116. The van der Waals surface area contributed by atoms with E-state index < -0.39 is 5.91 Å². The van der Waals surface area contributed by atoms with Gasteiger partial charge in [0, 0.05) is 0 Å². The van der Waals surface area contributed by atoms with Crippen molar-refractivity contribution in [1.29, 1.82) is 0 Å². The molecule has 3 aromatic rings. The number of amides is 1. The van der Waals surface area contributed by atoms with Crippen molar-refractivity contribution in [2.75, 3.05) is 0 Å². The molecule has 0 spiro atoms. The predicted octanol–water partition coefficient (Wildman–Crippen LogP) is 1.62. The van der Waals surface area contributed by atoms with Crippen LogP contribution >= 0.6 is 0 Å². The molecule has 7 heteroatoms. The summed E-state index contributed by atoms with van der Waals surface area (Å²) in [5, 5.41) is 14.4. The van der Waals surface area contributed by atoms with E-state index in [9.17, 15) is 4.79 Å². The van der Waals surface area contributed by atoms with Crippen LogP contribution in [0.2, 0.25) is 0 Å². The first-order valence-corrected chi connectivity index (χ1v) is 6.61. The zero-order valence-corrected chi connectivity index (χ0v) is 11.6. The van der Waals surface area contributed by atoms with Crippen LogP contribution < -0.4 is 10.6 Å². The van der Waals surface area contributed by atoms with Crippen LogP contribution in [0.5, 0.6) is 5.75 Å². The van der Waals surface area contributed by atoms with Crippen LogP contribution in [-0.2, 0) is 4.79 Å². The van der Waals surface area contributed by atoms with Gasteiger partial charge in [-0.15, -0.1) is 5.10 Å². The van der Waals surface area contributed by atoms with Crippen LogP contribution in [0.3, 0.4) is 0 Å². The number of nitrogens with zero attached hydrogens (tertiary/aromatic N) is 3. The number of carbonyl (C=O) groups excluding carboxylic acids is 1. The number of rotatable bonds is 5. The summed E-state index contributed by atoms with van der Waals surface area (Å²) in [6.07, 6.45) is -0.0127. The molecule has 0 saturated carbocycles. The van der Waals surface area contributed by atoms with Gasteiger partial charge in [0.05, 0.1) is 12.1 Å². The van der Waals surface area contributed by atoms with E-state index in [-0.39, 0.29) is 6.42 Å². The highest BCUT2D eigenvalue weighted by molar-refractivity contribution is 6.10. The van der Waals surface area contributed by atoms with Crippen molar-refractivity contribution in [3.63, 3.8) is 0 Å². The van der Waals surface area contributed by atoms with E-state index >= 15 is 0 Å². The third kappa shape index (κ3) is 2.93. The number of aromatic nitrogens is 3. The highest BCUT2D eigenvalue weighted by atomic mass is 16.6. The molecule has 0 atom stereocenters. The number of hydrogen-bond donors (Lipinski definition) is 2. The summed E-state index contributed by atoms with van der Waals surface area (Å²) in [6, 6.07) is 14.6. The molecule has 1 amide bonds. The minimum atomic E-state index is -0.479. The molecule has 0 aliphatic rings. The molecule has 0 bridgehead atoms. The molecule has 0 aliphatic heterocycles. The SMILES string of the molecule is NC(=O)C/C(=N\Oc1cccc2nn[nH]c12)c1ccccc1. The van der Waals surface area contributed by atoms with Crippen LogP contribution in [0.15, 0.2) is 53.7 Å². The largest absolute Gasteiger partial charge is 0.369 e. The summed E-state index contributed by atoms with van der Waals surface area (Å²) in [5.74, 6) is -0.00646. The number of carbonyl (C=O) groups is 1. The molecule has 7 nitrogen and oxygen atoms in total. The molecule has 22 heavy (non-hydrogen) atoms. The molecular formula is C15H13N5O2. The molecule has 0 radical (unpaired) electrons. The summed E-state index contributed by atoms with van der Waals surface area (Å²) in [6.45, 7) is 0. The van der Waals surface area contributed by atoms with Gasteiger partial charge in [-0.2, -0.15) is 0 Å². The smallest absolute Gasteiger partial charge is 0.223 e. The van der Waals surface area contributed by atoms with Gasteiger partial charge >= 0.3 is 0 Å². The maximum absolute atomic E-state index is 11.2. The Morgan fingerprint density at radius 1 is 1.18 bits per heavy atom.